The average Bonchev–Trinajstić information content (AvgIpc) is 3.56. The van der Waals surface area contributed by atoms with Crippen molar-refractivity contribution < 1.29 is 18.8 Å². The van der Waals surface area contributed by atoms with Crippen molar-refractivity contribution in [1.29, 1.82) is 0 Å². The van der Waals surface area contributed by atoms with E-state index in [4.69, 9.17) is 15.0 Å². The second-order valence-corrected chi connectivity index (χ2v) is 10.8. The van der Waals surface area contributed by atoms with Gasteiger partial charge in [0.1, 0.15) is 11.4 Å². The molecule has 3 aromatic rings. The van der Waals surface area contributed by atoms with Gasteiger partial charge < -0.3 is 29.9 Å². The number of aromatic nitrogens is 4. The van der Waals surface area contributed by atoms with Gasteiger partial charge in [0.05, 0.1) is 18.5 Å². The highest BCUT2D eigenvalue weighted by Crippen LogP contribution is 2.40. The molecule has 4 heterocycles. The van der Waals surface area contributed by atoms with E-state index < -0.39 is 5.60 Å². The molecule has 3 atom stereocenters. The van der Waals surface area contributed by atoms with Crippen LogP contribution in [0.4, 0.5) is 16.4 Å². The first-order chi connectivity index (χ1) is 18.4. The Bertz CT molecular complexity index is 1240. The Morgan fingerprint density at radius 1 is 1.13 bits per heavy atom. The van der Waals surface area contributed by atoms with E-state index in [1.54, 1.807) is 24.5 Å². The van der Waals surface area contributed by atoms with Gasteiger partial charge in [0.15, 0.2) is 5.75 Å². The second-order valence-electron chi connectivity index (χ2n) is 10.8. The van der Waals surface area contributed by atoms with Crippen LogP contribution in [0.3, 0.4) is 0 Å². The minimum Gasteiger partial charge on any atom is -0.487 e. The molecule has 38 heavy (non-hydrogen) atoms. The third-order valence-corrected chi connectivity index (χ3v) is 8.38. The minimum atomic E-state index is -0.914. The summed E-state index contributed by atoms with van der Waals surface area (Å²) < 4.78 is 25.9. The molecular formula is C27H34FN7O3. The lowest BCUT2D eigenvalue weighted by molar-refractivity contribution is -0.0482. The molecule has 10 nitrogen and oxygen atoms in total. The molecule has 0 radical (unpaired) electrons. The zero-order chi connectivity index (χ0) is 26.3. The van der Waals surface area contributed by atoms with Gasteiger partial charge in [-0.15, -0.1) is 0 Å². The normalized spacial score (nSPS) is 24.3. The minimum absolute atomic E-state index is 0.00817. The molecular weight excluding hydrogens is 489 g/mol. The zero-order valence-electron chi connectivity index (χ0n) is 21.5. The SMILES string of the molecule is C[C@H](Oc1cnc(N2CC(c3ccccc3F)[C@@H](N)C2)nc1)C1CCN(c2nc(C3(O)CCC3)no2)CC1. The van der Waals surface area contributed by atoms with Crippen molar-refractivity contribution in [2.75, 3.05) is 36.0 Å². The summed E-state index contributed by atoms with van der Waals surface area (Å²) in [6.45, 7) is 4.77. The van der Waals surface area contributed by atoms with Crippen molar-refractivity contribution in [1.82, 2.24) is 20.1 Å². The fourth-order valence-corrected chi connectivity index (χ4v) is 5.77. The number of nitrogens with two attached hydrogens (primary N) is 1. The van der Waals surface area contributed by atoms with Crippen molar-refractivity contribution in [2.45, 2.75) is 62.7 Å². The maximum Gasteiger partial charge on any atom is 0.324 e. The van der Waals surface area contributed by atoms with Gasteiger partial charge in [-0.3, -0.25) is 0 Å². The third kappa shape index (κ3) is 4.80. The molecule has 11 heteroatoms. The monoisotopic (exact) mass is 523 g/mol. The van der Waals surface area contributed by atoms with Crippen molar-refractivity contribution in [3.8, 4) is 5.75 Å². The lowest BCUT2D eigenvalue weighted by Gasteiger charge is -2.34. The number of hydrogen-bond acceptors (Lipinski definition) is 10. The molecule has 0 bridgehead atoms. The molecule has 202 valence electrons. The Morgan fingerprint density at radius 2 is 1.87 bits per heavy atom. The van der Waals surface area contributed by atoms with E-state index in [0.29, 0.717) is 60.9 Å². The van der Waals surface area contributed by atoms with Crippen molar-refractivity contribution in [3.05, 3.63) is 53.9 Å². The number of piperidine rings is 1. The fourth-order valence-electron chi connectivity index (χ4n) is 5.77. The number of benzene rings is 1. The first-order valence-corrected chi connectivity index (χ1v) is 13.4. The van der Waals surface area contributed by atoms with E-state index in [1.807, 2.05) is 11.0 Å². The van der Waals surface area contributed by atoms with Crippen LogP contribution in [0, 0.1) is 11.7 Å². The largest absolute Gasteiger partial charge is 0.487 e. The Balaban J connectivity index is 1.01. The van der Waals surface area contributed by atoms with Crippen LogP contribution in [0.15, 0.2) is 41.2 Å². The summed E-state index contributed by atoms with van der Waals surface area (Å²) in [6.07, 6.45) is 7.59. The third-order valence-electron chi connectivity index (χ3n) is 8.38. The summed E-state index contributed by atoms with van der Waals surface area (Å²) in [5, 5.41) is 14.5. The number of hydrogen-bond donors (Lipinski definition) is 2. The van der Waals surface area contributed by atoms with Gasteiger partial charge in [-0.05, 0) is 56.6 Å². The Labute approximate surface area is 221 Å². The van der Waals surface area contributed by atoms with E-state index in [-0.39, 0.29) is 23.9 Å². The smallest absolute Gasteiger partial charge is 0.324 e. The van der Waals surface area contributed by atoms with Crippen LogP contribution >= 0.6 is 0 Å². The van der Waals surface area contributed by atoms with Crippen LogP contribution in [0.2, 0.25) is 0 Å². The van der Waals surface area contributed by atoms with Crippen LogP contribution in [-0.2, 0) is 5.60 Å². The highest BCUT2D eigenvalue weighted by atomic mass is 19.1. The summed E-state index contributed by atoms with van der Waals surface area (Å²) in [7, 11) is 0. The maximum atomic E-state index is 14.3. The molecule has 2 saturated heterocycles. The van der Waals surface area contributed by atoms with Gasteiger partial charge in [-0.25, -0.2) is 14.4 Å². The van der Waals surface area contributed by atoms with Crippen LogP contribution in [-0.4, -0.2) is 63.5 Å². The van der Waals surface area contributed by atoms with E-state index >= 15 is 0 Å². The molecule has 0 amide bonds. The first-order valence-electron chi connectivity index (χ1n) is 13.4. The molecule has 2 aliphatic heterocycles. The lowest BCUT2D eigenvalue weighted by atomic mass is 9.80. The van der Waals surface area contributed by atoms with Crippen LogP contribution in [0.5, 0.6) is 5.75 Å². The molecule has 3 N–H and O–H groups in total. The quantitative estimate of drug-likeness (QED) is 0.477. The molecule has 1 aliphatic carbocycles. The zero-order valence-corrected chi connectivity index (χ0v) is 21.5. The molecule has 3 aliphatic rings. The molecule has 1 aromatic carbocycles. The van der Waals surface area contributed by atoms with Gasteiger partial charge in [0.2, 0.25) is 11.8 Å². The first kappa shape index (κ1) is 25.0. The van der Waals surface area contributed by atoms with Gasteiger partial charge in [-0.2, -0.15) is 4.98 Å². The highest BCUT2D eigenvalue weighted by Gasteiger charge is 2.41. The van der Waals surface area contributed by atoms with E-state index in [9.17, 15) is 9.50 Å². The van der Waals surface area contributed by atoms with Crippen LogP contribution in [0.1, 0.15) is 56.3 Å². The van der Waals surface area contributed by atoms with Gasteiger partial charge in [0.25, 0.3) is 0 Å². The highest BCUT2D eigenvalue weighted by molar-refractivity contribution is 5.38. The molecule has 0 spiro atoms. The van der Waals surface area contributed by atoms with Crippen LogP contribution < -0.4 is 20.3 Å². The van der Waals surface area contributed by atoms with Crippen molar-refractivity contribution in [3.63, 3.8) is 0 Å². The number of halogens is 1. The predicted octanol–water partition coefficient (Wildman–Crippen LogP) is 2.99. The van der Waals surface area contributed by atoms with E-state index in [1.165, 1.54) is 6.07 Å². The average molecular weight is 524 g/mol. The van der Waals surface area contributed by atoms with E-state index in [0.717, 1.165) is 32.4 Å². The summed E-state index contributed by atoms with van der Waals surface area (Å²) in [5.74, 6) is 1.62. The van der Waals surface area contributed by atoms with Gasteiger partial charge in [0, 0.05) is 38.1 Å². The number of nitrogens with zero attached hydrogens (tertiary/aromatic N) is 6. The number of aliphatic hydroxyl groups is 1. The van der Waals surface area contributed by atoms with Crippen LogP contribution in [0.25, 0.3) is 0 Å². The van der Waals surface area contributed by atoms with E-state index in [2.05, 4.69) is 31.9 Å². The molecule has 1 unspecified atom stereocenters. The summed E-state index contributed by atoms with van der Waals surface area (Å²) >= 11 is 0. The van der Waals surface area contributed by atoms with Crippen molar-refractivity contribution >= 4 is 12.0 Å². The van der Waals surface area contributed by atoms with Crippen molar-refractivity contribution in [2.24, 2.45) is 11.7 Å². The topological polar surface area (TPSA) is 127 Å². The second kappa shape index (κ2) is 10.1. The standard InChI is InChI=1S/C27H34FN7O3/c1-17(18-7-11-34(12-8-18)26-32-24(33-38-26)27(36)9-4-10-27)37-19-13-30-25(31-14-19)35-15-21(23(29)16-35)20-5-2-3-6-22(20)28/h2-3,5-6,13-14,17-18,21,23,36H,4,7-12,15-16,29H2,1H3/t17-,21?,23-/m0/s1. The number of ether oxygens (including phenoxy) is 1. The van der Waals surface area contributed by atoms with Gasteiger partial charge in [-0.1, -0.05) is 23.4 Å². The molecule has 2 aromatic heterocycles. The predicted molar refractivity (Wildman–Crippen MR) is 138 cm³/mol. The fraction of sp³-hybridized carbons (Fsp3) is 0.556. The summed E-state index contributed by atoms with van der Waals surface area (Å²) in [6, 6.07) is 7.08. The summed E-state index contributed by atoms with van der Waals surface area (Å²) in [4.78, 5) is 17.6. The Kier molecular flexibility index (Phi) is 6.65. The molecule has 1 saturated carbocycles. The number of anilines is 2. The number of rotatable bonds is 7. The maximum absolute atomic E-state index is 14.3. The Morgan fingerprint density at radius 3 is 2.55 bits per heavy atom. The lowest BCUT2D eigenvalue weighted by Crippen LogP contribution is -2.39. The molecule has 6 rings (SSSR count). The van der Waals surface area contributed by atoms with Gasteiger partial charge >= 0.3 is 6.01 Å². The molecule has 3 fully saturated rings. The Hall–Kier alpha value is -3.31. The summed E-state index contributed by atoms with van der Waals surface area (Å²) in [5.41, 5.74) is 6.07.